The number of nitrogens with one attached hydrogen (secondary N) is 2. The van der Waals surface area contributed by atoms with Gasteiger partial charge in [0.2, 0.25) is 0 Å². The summed E-state index contributed by atoms with van der Waals surface area (Å²) in [5.41, 5.74) is 3.99. The highest BCUT2D eigenvalue weighted by Gasteiger charge is 2.07. The van der Waals surface area contributed by atoms with Crippen LogP contribution in [0.25, 0.3) is 10.9 Å². The van der Waals surface area contributed by atoms with E-state index in [0.29, 0.717) is 11.6 Å². The fourth-order valence-electron chi connectivity index (χ4n) is 1.44. The van der Waals surface area contributed by atoms with Crippen molar-refractivity contribution < 1.29 is 5.21 Å². The smallest absolute Gasteiger partial charge is 0.0658 e. The Labute approximate surface area is 94.2 Å². The van der Waals surface area contributed by atoms with Crippen molar-refractivity contribution in [1.82, 2.24) is 10.5 Å². The van der Waals surface area contributed by atoms with Crippen molar-refractivity contribution in [2.24, 2.45) is 0 Å². The molecule has 0 saturated carbocycles. The monoisotopic (exact) mass is 274 g/mol. The van der Waals surface area contributed by atoms with Gasteiger partial charge in [0.05, 0.1) is 10.5 Å². The Bertz CT molecular complexity index is 469. The number of halogens is 2. The van der Waals surface area contributed by atoms with Gasteiger partial charge in [0.15, 0.2) is 0 Å². The van der Waals surface area contributed by atoms with Crippen molar-refractivity contribution in [3.8, 4) is 0 Å². The molecule has 3 N–H and O–H groups in total. The second kappa shape index (κ2) is 3.90. The molecule has 0 bridgehead atoms. The van der Waals surface area contributed by atoms with Crippen molar-refractivity contribution in [1.29, 1.82) is 0 Å². The lowest BCUT2D eigenvalue weighted by Crippen LogP contribution is -2.05. The molecule has 14 heavy (non-hydrogen) atoms. The van der Waals surface area contributed by atoms with E-state index >= 15 is 0 Å². The Morgan fingerprint density at radius 1 is 1.50 bits per heavy atom. The molecule has 2 aromatic rings. The molecule has 0 unspecified atom stereocenters. The first-order valence-electron chi connectivity index (χ1n) is 4.04. The van der Waals surface area contributed by atoms with E-state index in [-0.39, 0.29) is 0 Å². The molecule has 0 atom stereocenters. The first-order chi connectivity index (χ1) is 6.72. The summed E-state index contributed by atoms with van der Waals surface area (Å²) in [6, 6.07) is 3.79. The highest BCUT2D eigenvalue weighted by molar-refractivity contribution is 9.10. The summed E-state index contributed by atoms with van der Waals surface area (Å²) >= 11 is 9.40. The Kier molecular flexibility index (Phi) is 2.78. The zero-order valence-corrected chi connectivity index (χ0v) is 9.48. The molecule has 0 radical (unpaired) electrons. The van der Waals surface area contributed by atoms with Gasteiger partial charge in [-0.2, -0.15) is 0 Å². The number of aromatic amines is 1. The lowest BCUT2D eigenvalue weighted by Gasteiger charge is -1.99. The molecule has 0 saturated heterocycles. The molecule has 74 valence electrons. The minimum absolute atomic E-state index is 0.396. The van der Waals surface area contributed by atoms with Crippen LogP contribution in [0.15, 0.2) is 22.8 Å². The Hall–Kier alpha value is -0.550. The lowest BCUT2D eigenvalue weighted by molar-refractivity contribution is 0.161. The predicted molar refractivity (Wildman–Crippen MR) is 59.6 cm³/mol. The molecule has 3 nitrogen and oxygen atoms in total. The van der Waals surface area contributed by atoms with Crippen LogP contribution in [0.3, 0.4) is 0 Å². The third-order valence-electron chi connectivity index (χ3n) is 2.06. The highest BCUT2D eigenvalue weighted by Crippen LogP contribution is 2.29. The van der Waals surface area contributed by atoms with E-state index in [1.807, 2.05) is 18.3 Å². The third kappa shape index (κ3) is 1.66. The zero-order chi connectivity index (χ0) is 10.1. The number of rotatable bonds is 2. The van der Waals surface area contributed by atoms with E-state index in [1.54, 1.807) is 0 Å². The number of hydrogen-bond donors (Lipinski definition) is 3. The standard InChI is InChI=1S/C9H8BrClN2O/c10-6-1-7-5(4-13-14)3-12-9(7)8(11)2-6/h1-3,12-14H,4H2. The van der Waals surface area contributed by atoms with E-state index in [1.165, 1.54) is 0 Å². The van der Waals surface area contributed by atoms with E-state index in [9.17, 15) is 0 Å². The number of hydrogen-bond acceptors (Lipinski definition) is 2. The van der Waals surface area contributed by atoms with E-state index in [2.05, 4.69) is 26.4 Å². The highest BCUT2D eigenvalue weighted by atomic mass is 79.9. The van der Waals surface area contributed by atoms with Crippen LogP contribution in [0.5, 0.6) is 0 Å². The van der Waals surface area contributed by atoms with Crippen molar-refractivity contribution in [3.05, 3.63) is 33.4 Å². The van der Waals surface area contributed by atoms with Gasteiger partial charge < -0.3 is 10.2 Å². The molecule has 1 aromatic heterocycles. The normalized spacial score (nSPS) is 11.1. The second-order valence-electron chi connectivity index (χ2n) is 2.96. The number of aromatic nitrogens is 1. The fraction of sp³-hybridized carbons (Fsp3) is 0.111. The number of benzene rings is 1. The Morgan fingerprint density at radius 3 is 3.00 bits per heavy atom. The van der Waals surface area contributed by atoms with Gasteiger partial charge in [0.1, 0.15) is 0 Å². The van der Waals surface area contributed by atoms with Crippen LogP contribution in [-0.4, -0.2) is 10.2 Å². The van der Waals surface area contributed by atoms with E-state index in [4.69, 9.17) is 16.8 Å². The molecule has 0 fully saturated rings. The molecule has 2 rings (SSSR count). The lowest BCUT2D eigenvalue weighted by atomic mass is 10.2. The Balaban J connectivity index is 2.66. The fourth-order valence-corrected chi connectivity index (χ4v) is 2.31. The van der Waals surface area contributed by atoms with Crippen LogP contribution in [0.4, 0.5) is 0 Å². The molecule has 0 amide bonds. The van der Waals surface area contributed by atoms with Gasteiger partial charge in [-0.05, 0) is 17.7 Å². The Morgan fingerprint density at radius 2 is 2.29 bits per heavy atom. The van der Waals surface area contributed by atoms with Crippen molar-refractivity contribution in [2.75, 3.05) is 0 Å². The second-order valence-corrected chi connectivity index (χ2v) is 4.28. The van der Waals surface area contributed by atoms with Gasteiger partial charge in [0, 0.05) is 22.6 Å². The van der Waals surface area contributed by atoms with Crippen LogP contribution in [-0.2, 0) is 6.54 Å². The number of H-pyrrole nitrogens is 1. The van der Waals surface area contributed by atoms with Crippen LogP contribution < -0.4 is 5.48 Å². The van der Waals surface area contributed by atoms with Gasteiger partial charge in [-0.3, -0.25) is 0 Å². The summed E-state index contributed by atoms with van der Waals surface area (Å²) in [5, 5.41) is 10.3. The van der Waals surface area contributed by atoms with Crippen LogP contribution in [0.1, 0.15) is 5.56 Å². The molecular formula is C9H8BrClN2O. The van der Waals surface area contributed by atoms with E-state index in [0.717, 1.165) is 20.9 Å². The van der Waals surface area contributed by atoms with Gasteiger partial charge in [-0.15, -0.1) is 0 Å². The summed E-state index contributed by atoms with van der Waals surface area (Å²) in [6.45, 7) is 0.396. The minimum atomic E-state index is 0.396. The average Bonchev–Trinajstić information content (AvgIpc) is 2.49. The first kappa shape index (κ1) is 9.98. The molecular weight excluding hydrogens is 267 g/mol. The maximum Gasteiger partial charge on any atom is 0.0658 e. The van der Waals surface area contributed by atoms with Crippen LogP contribution in [0, 0.1) is 0 Å². The van der Waals surface area contributed by atoms with Gasteiger partial charge in [-0.25, -0.2) is 5.48 Å². The summed E-state index contributed by atoms with van der Waals surface area (Å²) in [4.78, 5) is 3.06. The predicted octanol–water partition coefficient (Wildman–Crippen LogP) is 3.06. The molecule has 0 aliphatic heterocycles. The van der Waals surface area contributed by atoms with Crippen LogP contribution in [0.2, 0.25) is 5.02 Å². The maximum absolute atomic E-state index is 8.63. The van der Waals surface area contributed by atoms with Crippen molar-refractivity contribution in [3.63, 3.8) is 0 Å². The molecule has 0 aliphatic rings. The molecule has 1 aromatic carbocycles. The quantitative estimate of drug-likeness (QED) is 0.738. The number of fused-ring (bicyclic) bond motifs is 1. The van der Waals surface area contributed by atoms with Gasteiger partial charge in [-0.1, -0.05) is 27.5 Å². The van der Waals surface area contributed by atoms with Crippen molar-refractivity contribution in [2.45, 2.75) is 6.54 Å². The largest absolute Gasteiger partial charge is 0.360 e. The third-order valence-corrected chi connectivity index (χ3v) is 2.82. The molecule has 0 spiro atoms. The topological polar surface area (TPSA) is 48.0 Å². The van der Waals surface area contributed by atoms with Gasteiger partial charge >= 0.3 is 0 Å². The van der Waals surface area contributed by atoms with E-state index < -0.39 is 0 Å². The van der Waals surface area contributed by atoms with Crippen molar-refractivity contribution >= 4 is 38.4 Å². The summed E-state index contributed by atoms with van der Waals surface area (Å²) < 4.78 is 0.925. The zero-order valence-electron chi connectivity index (χ0n) is 7.14. The maximum atomic E-state index is 8.63. The minimum Gasteiger partial charge on any atom is -0.360 e. The molecule has 1 heterocycles. The molecule has 5 heteroatoms. The van der Waals surface area contributed by atoms with Gasteiger partial charge in [0.25, 0.3) is 0 Å². The summed E-state index contributed by atoms with van der Waals surface area (Å²) in [7, 11) is 0. The van der Waals surface area contributed by atoms with Crippen LogP contribution >= 0.6 is 27.5 Å². The SMILES string of the molecule is ONCc1c[nH]c2c(Cl)cc(Br)cc12. The first-order valence-corrected chi connectivity index (χ1v) is 5.21. The molecule has 0 aliphatic carbocycles. The summed E-state index contributed by atoms with van der Waals surface area (Å²) in [5.74, 6) is 0. The average molecular weight is 276 g/mol. The number of hydroxylamine groups is 1. The summed E-state index contributed by atoms with van der Waals surface area (Å²) in [6.07, 6.45) is 1.83.